The zero-order valence-electron chi connectivity index (χ0n) is 15.1. The predicted octanol–water partition coefficient (Wildman–Crippen LogP) is 2.90. The molecule has 0 bridgehead atoms. The second-order valence-corrected chi connectivity index (χ2v) is 5.65. The van der Waals surface area contributed by atoms with Crippen LogP contribution in [0.1, 0.15) is 18.1 Å². The van der Waals surface area contributed by atoms with Gasteiger partial charge in [0.2, 0.25) is 0 Å². The third-order valence-corrected chi connectivity index (χ3v) is 3.75. The lowest BCUT2D eigenvalue weighted by Gasteiger charge is -2.11. The zero-order valence-corrected chi connectivity index (χ0v) is 15.1. The average molecular weight is 356 g/mol. The highest BCUT2D eigenvalue weighted by Crippen LogP contribution is 2.14. The Hall–Kier alpha value is -3.09. The molecule has 138 valence electrons. The average Bonchev–Trinajstić information content (AvgIpc) is 2.67. The summed E-state index contributed by atoms with van der Waals surface area (Å²) < 4.78 is 5.15. The van der Waals surface area contributed by atoms with E-state index in [0.717, 1.165) is 30.8 Å². The fraction of sp³-hybridized carbons (Fsp3) is 0.316. The normalized spacial score (nSPS) is 11.1. The molecule has 26 heavy (non-hydrogen) atoms. The number of hydrogen-bond donors (Lipinski definition) is 2. The Morgan fingerprint density at radius 1 is 1.15 bits per heavy atom. The lowest BCUT2D eigenvalue weighted by molar-refractivity contribution is -0.384. The highest BCUT2D eigenvalue weighted by molar-refractivity contribution is 5.79. The van der Waals surface area contributed by atoms with Crippen LogP contribution in [0.25, 0.3) is 0 Å². The molecule has 0 radical (unpaired) electrons. The molecule has 2 aromatic carbocycles. The third-order valence-electron chi connectivity index (χ3n) is 3.75. The van der Waals surface area contributed by atoms with E-state index in [0.29, 0.717) is 12.5 Å². The minimum atomic E-state index is -0.397. The van der Waals surface area contributed by atoms with Gasteiger partial charge in [-0.1, -0.05) is 24.3 Å². The zero-order chi connectivity index (χ0) is 18.8. The lowest BCUT2D eigenvalue weighted by Crippen LogP contribution is -2.38. The van der Waals surface area contributed by atoms with Gasteiger partial charge in [-0.2, -0.15) is 0 Å². The molecule has 2 aromatic rings. The van der Waals surface area contributed by atoms with Crippen molar-refractivity contribution in [3.8, 4) is 5.75 Å². The Kier molecular flexibility index (Phi) is 7.42. The van der Waals surface area contributed by atoms with Crippen molar-refractivity contribution in [2.45, 2.75) is 19.9 Å². The number of benzene rings is 2. The van der Waals surface area contributed by atoms with Crippen LogP contribution in [0.4, 0.5) is 5.69 Å². The van der Waals surface area contributed by atoms with Gasteiger partial charge in [-0.15, -0.1) is 0 Å². The van der Waals surface area contributed by atoms with Gasteiger partial charge >= 0.3 is 0 Å². The smallest absolute Gasteiger partial charge is 0.269 e. The fourth-order valence-electron chi connectivity index (χ4n) is 2.40. The molecule has 0 amide bonds. The first-order valence-electron chi connectivity index (χ1n) is 8.51. The van der Waals surface area contributed by atoms with Crippen LogP contribution in [0.15, 0.2) is 53.5 Å². The van der Waals surface area contributed by atoms with Crippen molar-refractivity contribution < 1.29 is 9.66 Å². The highest BCUT2D eigenvalue weighted by Gasteiger charge is 2.05. The Balaban J connectivity index is 1.91. The number of guanidine groups is 1. The number of ether oxygens (including phenoxy) is 1. The summed E-state index contributed by atoms with van der Waals surface area (Å²) in [7, 11) is 1.65. The summed E-state index contributed by atoms with van der Waals surface area (Å²) in [6.07, 6.45) is 0.852. The Bertz CT molecular complexity index is 745. The highest BCUT2D eigenvalue weighted by atomic mass is 16.6. The molecule has 0 unspecified atom stereocenters. The minimum Gasteiger partial charge on any atom is -0.497 e. The van der Waals surface area contributed by atoms with Crippen molar-refractivity contribution in [1.29, 1.82) is 0 Å². The summed E-state index contributed by atoms with van der Waals surface area (Å²) in [5.74, 6) is 1.53. The maximum atomic E-state index is 10.8. The number of hydrogen-bond acceptors (Lipinski definition) is 4. The molecule has 7 heteroatoms. The summed E-state index contributed by atoms with van der Waals surface area (Å²) in [5.41, 5.74) is 2.08. The molecule has 0 saturated carbocycles. The van der Waals surface area contributed by atoms with Gasteiger partial charge in [0.1, 0.15) is 5.75 Å². The van der Waals surface area contributed by atoms with Crippen LogP contribution < -0.4 is 15.4 Å². The van der Waals surface area contributed by atoms with E-state index in [-0.39, 0.29) is 5.69 Å². The predicted molar refractivity (Wildman–Crippen MR) is 103 cm³/mol. The fourth-order valence-corrected chi connectivity index (χ4v) is 2.40. The van der Waals surface area contributed by atoms with Crippen LogP contribution >= 0.6 is 0 Å². The summed E-state index contributed by atoms with van der Waals surface area (Å²) in [6, 6.07) is 14.5. The third kappa shape index (κ3) is 6.08. The van der Waals surface area contributed by atoms with Crippen LogP contribution in [0.5, 0.6) is 5.75 Å². The van der Waals surface area contributed by atoms with Crippen LogP contribution in [0.3, 0.4) is 0 Å². The molecule has 0 aromatic heterocycles. The molecule has 0 aliphatic carbocycles. The maximum absolute atomic E-state index is 10.8. The van der Waals surface area contributed by atoms with Crippen molar-refractivity contribution in [2.24, 2.45) is 4.99 Å². The molecule has 7 nitrogen and oxygen atoms in total. The summed E-state index contributed by atoms with van der Waals surface area (Å²) in [6.45, 7) is 3.84. The van der Waals surface area contributed by atoms with Crippen LogP contribution in [-0.2, 0) is 13.0 Å². The van der Waals surface area contributed by atoms with E-state index < -0.39 is 4.92 Å². The van der Waals surface area contributed by atoms with E-state index in [1.807, 2.05) is 37.3 Å². The standard InChI is InChI=1S/C19H24N4O3/c1-3-20-19(21-12-11-15-7-9-18(26-2)10-8-15)22-14-16-5-4-6-17(13-16)23(24)25/h4-10,13H,3,11-12,14H2,1-2H3,(H2,20,21,22). The maximum Gasteiger partial charge on any atom is 0.269 e. The van der Waals surface area contributed by atoms with Crippen molar-refractivity contribution in [3.05, 3.63) is 69.8 Å². The van der Waals surface area contributed by atoms with Gasteiger partial charge in [-0.25, -0.2) is 4.99 Å². The second kappa shape index (κ2) is 10.0. The van der Waals surface area contributed by atoms with Crippen molar-refractivity contribution in [2.75, 3.05) is 20.2 Å². The van der Waals surface area contributed by atoms with Gasteiger partial charge in [-0.05, 0) is 36.6 Å². The number of nitro groups is 1. The number of methoxy groups -OCH3 is 1. The molecule has 0 atom stereocenters. The molecule has 2 rings (SSSR count). The van der Waals surface area contributed by atoms with Gasteiger partial charge in [0.25, 0.3) is 5.69 Å². The molecule has 0 aliphatic heterocycles. The molecule has 0 spiro atoms. The molecule has 2 N–H and O–H groups in total. The van der Waals surface area contributed by atoms with Crippen LogP contribution in [-0.4, -0.2) is 31.1 Å². The van der Waals surface area contributed by atoms with Crippen molar-refractivity contribution in [1.82, 2.24) is 10.6 Å². The Morgan fingerprint density at radius 3 is 2.58 bits per heavy atom. The van der Waals surface area contributed by atoms with E-state index >= 15 is 0 Å². The Morgan fingerprint density at radius 2 is 1.92 bits per heavy atom. The number of nitro benzene ring substituents is 1. The topological polar surface area (TPSA) is 88.8 Å². The van der Waals surface area contributed by atoms with Gasteiger partial charge < -0.3 is 15.4 Å². The summed E-state index contributed by atoms with van der Waals surface area (Å²) in [4.78, 5) is 14.9. The van der Waals surface area contributed by atoms with E-state index in [4.69, 9.17) is 4.74 Å². The van der Waals surface area contributed by atoms with Gasteiger partial charge in [0, 0.05) is 25.2 Å². The first kappa shape index (κ1) is 19.2. The number of non-ortho nitro benzene ring substituents is 1. The van der Waals surface area contributed by atoms with Gasteiger partial charge in [-0.3, -0.25) is 10.1 Å². The monoisotopic (exact) mass is 356 g/mol. The van der Waals surface area contributed by atoms with Gasteiger partial charge in [0.05, 0.1) is 18.6 Å². The summed E-state index contributed by atoms with van der Waals surface area (Å²) in [5, 5.41) is 17.3. The molecule has 0 saturated heterocycles. The van der Waals surface area contributed by atoms with Crippen molar-refractivity contribution in [3.63, 3.8) is 0 Å². The molecule has 0 fully saturated rings. The van der Waals surface area contributed by atoms with E-state index in [1.54, 1.807) is 19.2 Å². The van der Waals surface area contributed by atoms with Gasteiger partial charge in [0.15, 0.2) is 5.96 Å². The molecule has 0 heterocycles. The SMILES string of the molecule is CCNC(=NCc1cccc([N+](=O)[O-])c1)NCCc1ccc(OC)cc1. The van der Waals surface area contributed by atoms with Crippen LogP contribution in [0, 0.1) is 10.1 Å². The Labute approximate surface area is 153 Å². The van der Waals surface area contributed by atoms with E-state index in [2.05, 4.69) is 15.6 Å². The molecular weight excluding hydrogens is 332 g/mol. The lowest BCUT2D eigenvalue weighted by atomic mass is 10.1. The first-order chi connectivity index (χ1) is 12.6. The quantitative estimate of drug-likeness (QED) is 0.329. The second-order valence-electron chi connectivity index (χ2n) is 5.65. The molecule has 0 aliphatic rings. The molecular formula is C19H24N4O3. The number of nitrogens with zero attached hydrogens (tertiary/aromatic N) is 2. The number of rotatable bonds is 8. The van der Waals surface area contributed by atoms with Crippen LogP contribution in [0.2, 0.25) is 0 Å². The van der Waals surface area contributed by atoms with Crippen molar-refractivity contribution >= 4 is 11.6 Å². The number of nitrogens with one attached hydrogen (secondary N) is 2. The number of aliphatic imine (C=N–C) groups is 1. The van der Waals surface area contributed by atoms with E-state index in [1.165, 1.54) is 11.6 Å². The summed E-state index contributed by atoms with van der Waals surface area (Å²) >= 11 is 0. The first-order valence-corrected chi connectivity index (χ1v) is 8.51. The van der Waals surface area contributed by atoms with E-state index in [9.17, 15) is 10.1 Å². The largest absolute Gasteiger partial charge is 0.497 e. The minimum absolute atomic E-state index is 0.0789.